The largest absolute Gasteiger partial charge is 0.427 e. The highest BCUT2D eigenvalue weighted by Crippen LogP contribution is 2.32. The number of ether oxygens (including phenoxy) is 1. The van der Waals surface area contributed by atoms with Gasteiger partial charge in [-0.25, -0.2) is 4.39 Å². The molecule has 1 aromatic rings. The summed E-state index contributed by atoms with van der Waals surface area (Å²) in [7, 11) is 0. The summed E-state index contributed by atoms with van der Waals surface area (Å²) in [4.78, 5) is 10.4. The minimum Gasteiger partial charge on any atom is -0.427 e. The van der Waals surface area contributed by atoms with Crippen molar-refractivity contribution in [3.63, 3.8) is 0 Å². The average molecular weight is 222 g/mol. The van der Waals surface area contributed by atoms with Crippen LogP contribution in [0.3, 0.4) is 0 Å². The maximum atomic E-state index is 12.9. The maximum Gasteiger partial charge on any atom is 0.419 e. The second-order valence-corrected chi connectivity index (χ2v) is 2.73. The number of carbonyl (C=O) groups excluding carboxylic acids is 1. The Morgan fingerprint density at radius 3 is 2.33 bits per heavy atom. The van der Waals surface area contributed by atoms with Crippen LogP contribution in [0.2, 0.25) is 0 Å². The van der Waals surface area contributed by atoms with E-state index in [0.717, 1.165) is 13.0 Å². The molecule has 15 heavy (non-hydrogen) atoms. The van der Waals surface area contributed by atoms with E-state index in [1.807, 2.05) is 0 Å². The lowest BCUT2D eigenvalue weighted by atomic mass is 10.2. The van der Waals surface area contributed by atoms with Gasteiger partial charge in [-0.2, -0.15) is 13.2 Å². The number of hydrogen-bond acceptors (Lipinski definition) is 2. The van der Waals surface area contributed by atoms with Crippen LogP contribution in [0, 0.1) is 5.82 Å². The van der Waals surface area contributed by atoms with Crippen LogP contribution in [0.4, 0.5) is 17.6 Å². The molecule has 0 spiro atoms. The van der Waals surface area contributed by atoms with Gasteiger partial charge in [0, 0.05) is 13.0 Å². The molecule has 0 unspecified atom stereocenters. The molecule has 0 atom stereocenters. The van der Waals surface area contributed by atoms with E-state index in [2.05, 4.69) is 4.74 Å². The highest BCUT2D eigenvalue weighted by Gasteiger charge is 2.34. The number of esters is 1. The van der Waals surface area contributed by atoms with Crippen molar-refractivity contribution in [2.24, 2.45) is 0 Å². The molecule has 6 heteroatoms. The van der Waals surface area contributed by atoms with E-state index in [1.54, 1.807) is 0 Å². The zero-order valence-corrected chi connectivity index (χ0v) is 7.56. The van der Waals surface area contributed by atoms with Gasteiger partial charge in [0.1, 0.15) is 11.6 Å². The summed E-state index contributed by atoms with van der Waals surface area (Å²) in [5.41, 5.74) is -1.39. The molecule has 0 N–H and O–H groups in total. The van der Waals surface area contributed by atoms with Crippen molar-refractivity contribution in [1.82, 2.24) is 0 Å². The number of benzene rings is 1. The number of hydrogen-bond donors (Lipinski definition) is 0. The predicted octanol–water partition coefficient (Wildman–Crippen LogP) is 2.77. The van der Waals surface area contributed by atoms with E-state index in [0.29, 0.717) is 12.1 Å². The molecule has 0 saturated carbocycles. The number of carbonyl (C=O) groups is 1. The van der Waals surface area contributed by atoms with Crippen molar-refractivity contribution >= 4 is 5.97 Å². The SMILES string of the molecule is CC(=O)Oc1ccc(C(F)(F)F)c(F)c1. The molecule has 2 nitrogen and oxygen atoms in total. The van der Waals surface area contributed by atoms with Gasteiger partial charge >= 0.3 is 12.1 Å². The van der Waals surface area contributed by atoms with E-state index in [-0.39, 0.29) is 5.75 Å². The Kier molecular flexibility index (Phi) is 2.97. The third-order valence-corrected chi connectivity index (χ3v) is 1.51. The Morgan fingerprint density at radius 2 is 1.93 bits per heavy atom. The molecule has 1 rings (SSSR count). The molecule has 0 radical (unpaired) electrons. The van der Waals surface area contributed by atoms with Crippen molar-refractivity contribution in [3.05, 3.63) is 29.6 Å². The molecular weight excluding hydrogens is 216 g/mol. The van der Waals surface area contributed by atoms with E-state index >= 15 is 0 Å². The quantitative estimate of drug-likeness (QED) is 0.415. The monoisotopic (exact) mass is 222 g/mol. The number of halogens is 4. The summed E-state index contributed by atoms with van der Waals surface area (Å²) in [5.74, 6) is -2.46. The van der Waals surface area contributed by atoms with Crippen LogP contribution >= 0.6 is 0 Å². The summed E-state index contributed by atoms with van der Waals surface area (Å²) in [6.45, 7) is 1.07. The first kappa shape index (κ1) is 11.5. The molecule has 0 fully saturated rings. The standard InChI is InChI=1S/C9H6F4O2/c1-5(14)15-6-2-3-7(8(10)4-6)9(11,12)13/h2-4H,1H3. The van der Waals surface area contributed by atoms with Crippen LogP contribution in [0.5, 0.6) is 5.75 Å². The van der Waals surface area contributed by atoms with Gasteiger partial charge in [-0.1, -0.05) is 0 Å². The Bertz CT molecular complexity index is 384. The average Bonchev–Trinajstić information content (AvgIpc) is 1.99. The first-order valence-electron chi connectivity index (χ1n) is 3.86. The molecule has 82 valence electrons. The minimum absolute atomic E-state index is 0.256. The van der Waals surface area contributed by atoms with Crippen molar-refractivity contribution in [2.75, 3.05) is 0 Å². The van der Waals surface area contributed by atoms with Crippen molar-refractivity contribution in [1.29, 1.82) is 0 Å². The summed E-state index contributed by atoms with van der Waals surface area (Å²) in [6, 6.07) is 1.92. The molecule has 0 aliphatic rings. The Hall–Kier alpha value is -1.59. The molecule has 0 amide bonds. The lowest BCUT2D eigenvalue weighted by molar-refractivity contribution is -0.140. The normalized spacial score (nSPS) is 11.3. The zero-order chi connectivity index (χ0) is 11.6. The highest BCUT2D eigenvalue weighted by molar-refractivity contribution is 5.69. The van der Waals surface area contributed by atoms with Crippen LogP contribution in [0.15, 0.2) is 18.2 Å². The lowest BCUT2D eigenvalue weighted by Gasteiger charge is -2.08. The molecule has 1 aromatic carbocycles. The highest BCUT2D eigenvalue weighted by atomic mass is 19.4. The fraction of sp³-hybridized carbons (Fsp3) is 0.222. The third-order valence-electron chi connectivity index (χ3n) is 1.51. The Morgan fingerprint density at radius 1 is 1.33 bits per heavy atom. The summed E-state index contributed by atoms with van der Waals surface area (Å²) >= 11 is 0. The van der Waals surface area contributed by atoms with Crippen LogP contribution in [0.1, 0.15) is 12.5 Å². The van der Waals surface area contributed by atoms with Crippen molar-refractivity contribution in [2.45, 2.75) is 13.1 Å². The van der Waals surface area contributed by atoms with Gasteiger partial charge in [0.2, 0.25) is 0 Å². The van der Waals surface area contributed by atoms with Crippen LogP contribution in [-0.4, -0.2) is 5.97 Å². The maximum absolute atomic E-state index is 12.9. The van der Waals surface area contributed by atoms with Gasteiger partial charge in [0.15, 0.2) is 0 Å². The number of alkyl halides is 3. The first-order valence-corrected chi connectivity index (χ1v) is 3.86. The number of rotatable bonds is 1. The van der Waals surface area contributed by atoms with Crippen molar-refractivity contribution in [3.8, 4) is 5.75 Å². The van der Waals surface area contributed by atoms with Gasteiger partial charge in [0.25, 0.3) is 0 Å². The van der Waals surface area contributed by atoms with E-state index in [9.17, 15) is 22.4 Å². The molecule has 0 heterocycles. The topological polar surface area (TPSA) is 26.3 Å². The second-order valence-electron chi connectivity index (χ2n) is 2.73. The summed E-state index contributed by atoms with van der Waals surface area (Å²) < 4.78 is 53.6. The van der Waals surface area contributed by atoms with Gasteiger partial charge in [-0.15, -0.1) is 0 Å². The van der Waals surface area contributed by atoms with E-state index in [4.69, 9.17) is 0 Å². The Balaban J connectivity index is 3.04. The molecule has 0 aliphatic heterocycles. The van der Waals surface area contributed by atoms with Crippen LogP contribution in [-0.2, 0) is 11.0 Å². The van der Waals surface area contributed by atoms with Gasteiger partial charge in [0.05, 0.1) is 5.56 Å². The van der Waals surface area contributed by atoms with E-state index in [1.165, 1.54) is 0 Å². The van der Waals surface area contributed by atoms with Crippen LogP contribution < -0.4 is 4.74 Å². The molecular formula is C9H6F4O2. The lowest BCUT2D eigenvalue weighted by Crippen LogP contribution is -2.09. The third kappa shape index (κ3) is 2.93. The fourth-order valence-corrected chi connectivity index (χ4v) is 0.955. The van der Waals surface area contributed by atoms with Gasteiger partial charge in [-0.05, 0) is 12.1 Å². The molecule has 0 aromatic heterocycles. The predicted molar refractivity (Wildman–Crippen MR) is 42.7 cm³/mol. The van der Waals surface area contributed by atoms with E-state index < -0.39 is 23.5 Å². The Labute approximate surface area is 82.5 Å². The minimum atomic E-state index is -4.75. The fourth-order valence-electron chi connectivity index (χ4n) is 0.955. The second kappa shape index (κ2) is 3.88. The molecule has 0 saturated heterocycles. The smallest absolute Gasteiger partial charge is 0.419 e. The molecule has 0 bridgehead atoms. The zero-order valence-electron chi connectivity index (χ0n) is 7.56. The summed E-state index contributed by atoms with van der Waals surface area (Å²) in [6.07, 6.45) is -4.75. The first-order chi connectivity index (χ1) is 6.80. The van der Waals surface area contributed by atoms with Gasteiger partial charge in [-0.3, -0.25) is 4.79 Å². The van der Waals surface area contributed by atoms with Crippen molar-refractivity contribution < 1.29 is 27.1 Å². The van der Waals surface area contributed by atoms with Crippen LogP contribution in [0.25, 0.3) is 0 Å². The van der Waals surface area contributed by atoms with Gasteiger partial charge < -0.3 is 4.74 Å². The molecule has 0 aliphatic carbocycles. The summed E-state index contributed by atoms with van der Waals surface area (Å²) in [5, 5.41) is 0.